The Hall–Kier alpha value is -3.22. The van der Waals surface area contributed by atoms with Crippen LogP contribution in [0.1, 0.15) is 32.6 Å². The molecule has 2 aliphatic heterocycles. The summed E-state index contributed by atoms with van der Waals surface area (Å²) in [5.74, 6) is 0.405. The third kappa shape index (κ3) is 3.58. The van der Waals surface area contributed by atoms with Crippen molar-refractivity contribution in [2.75, 3.05) is 6.73 Å². The van der Waals surface area contributed by atoms with Crippen LogP contribution in [-0.4, -0.2) is 22.4 Å². The first-order valence-electron chi connectivity index (χ1n) is 9.80. The standard InChI is InChI=1S/C24H18ClFN2O3/c1-14-9-20-17(12-28(13-30-20)11-15-5-7-27-8-6-15)24-22(14)23(29)21(31-24)10-16-18(25)3-2-4-19(16)26/h2-10H,11-13H2,1H3/b21-10-. The summed E-state index contributed by atoms with van der Waals surface area (Å²) >= 11 is 6.13. The van der Waals surface area contributed by atoms with E-state index in [2.05, 4.69) is 9.88 Å². The topological polar surface area (TPSA) is 51.7 Å². The molecule has 0 spiro atoms. The Morgan fingerprint density at radius 2 is 2.06 bits per heavy atom. The number of carbonyl (C=O) groups excluding carboxylic acids is 1. The van der Waals surface area contributed by atoms with Gasteiger partial charge in [0.25, 0.3) is 0 Å². The Kier molecular flexibility index (Phi) is 4.96. The second-order valence-corrected chi connectivity index (χ2v) is 7.97. The molecule has 1 aromatic heterocycles. The normalized spacial score (nSPS) is 16.6. The van der Waals surface area contributed by atoms with E-state index in [1.54, 1.807) is 18.5 Å². The van der Waals surface area contributed by atoms with Crippen LogP contribution in [0.3, 0.4) is 0 Å². The quantitative estimate of drug-likeness (QED) is 0.531. The number of hydrogen-bond donors (Lipinski definition) is 0. The lowest BCUT2D eigenvalue weighted by atomic mass is 9.98. The van der Waals surface area contributed by atoms with E-state index in [-0.39, 0.29) is 22.1 Å². The Morgan fingerprint density at radius 1 is 1.26 bits per heavy atom. The highest BCUT2D eigenvalue weighted by atomic mass is 35.5. The fourth-order valence-corrected chi connectivity index (χ4v) is 4.12. The summed E-state index contributed by atoms with van der Waals surface area (Å²) in [6, 6.07) is 10.1. The molecule has 0 N–H and O–H groups in total. The van der Waals surface area contributed by atoms with Gasteiger partial charge >= 0.3 is 0 Å². The van der Waals surface area contributed by atoms with E-state index in [0.717, 1.165) is 16.7 Å². The van der Waals surface area contributed by atoms with Gasteiger partial charge in [-0.15, -0.1) is 0 Å². The van der Waals surface area contributed by atoms with Crippen molar-refractivity contribution in [3.05, 3.63) is 93.2 Å². The van der Waals surface area contributed by atoms with Crippen LogP contribution in [-0.2, 0) is 13.1 Å². The van der Waals surface area contributed by atoms with Gasteiger partial charge in [-0.2, -0.15) is 0 Å². The molecule has 3 aromatic rings. The number of ether oxygens (including phenoxy) is 2. The van der Waals surface area contributed by atoms with Crippen LogP contribution in [0.15, 0.2) is 54.6 Å². The van der Waals surface area contributed by atoms with Crippen molar-refractivity contribution >= 4 is 23.5 Å². The van der Waals surface area contributed by atoms with Gasteiger partial charge in [0.2, 0.25) is 5.78 Å². The number of aryl methyl sites for hydroxylation is 1. The number of fused-ring (bicyclic) bond motifs is 3. The molecule has 5 nitrogen and oxygen atoms in total. The summed E-state index contributed by atoms with van der Waals surface area (Å²) in [4.78, 5) is 19.2. The van der Waals surface area contributed by atoms with Gasteiger partial charge in [0.1, 0.15) is 24.0 Å². The highest BCUT2D eigenvalue weighted by molar-refractivity contribution is 6.32. The van der Waals surface area contributed by atoms with Crippen LogP contribution >= 0.6 is 11.6 Å². The predicted molar refractivity (Wildman–Crippen MR) is 115 cm³/mol. The van der Waals surface area contributed by atoms with E-state index in [1.807, 2.05) is 25.1 Å². The SMILES string of the molecule is Cc1cc2c(c3c1C(=O)/C(=C/c1c(F)cccc1Cl)O3)CN(Cc1ccncc1)CO2. The lowest BCUT2D eigenvalue weighted by Gasteiger charge is -2.30. The highest BCUT2D eigenvalue weighted by Gasteiger charge is 2.35. The molecule has 2 aliphatic rings. The molecule has 0 unspecified atom stereocenters. The number of halogens is 2. The lowest BCUT2D eigenvalue weighted by Crippen LogP contribution is -2.31. The maximum Gasteiger partial charge on any atom is 0.232 e. The number of Topliss-reactive ketones (excluding diaryl/α,β-unsaturated/α-hetero) is 1. The summed E-state index contributed by atoms with van der Waals surface area (Å²) < 4.78 is 26.2. The molecule has 0 bridgehead atoms. The molecule has 0 saturated heterocycles. The molecule has 0 fully saturated rings. The van der Waals surface area contributed by atoms with E-state index in [1.165, 1.54) is 18.2 Å². The van der Waals surface area contributed by atoms with Gasteiger partial charge < -0.3 is 9.47 Å². The average Bonchev–Trinajstić information content (AvgIpc) is 3.09. The zero-order valence-corrected chi connectivity index (χ0v) is 17.4. The minimum absolute atomic E-state index is 0.0461. The van der Waals surface area contributed by atoms with Gasteiger partial charge in [0.15, 0.2) is 5.76 Å². The molecule has 31 heavy (non-hydrogen) atoms. The third-order valence-corrected chi connectivity index (χ3v) is 5.75. The largest absolute Gasteiger partial charge is 0.478 e. The molecule has 7 heteroatoms. The number of benzene rings is 2. The molecule has 0 saturated carbocycles. The van der Waals surface area contributed by atoms with Crippen molar-refractivity contribution in [3.63, 3.8) is 0 Å². The maximum absolute atomic E-state index is 14.2. The predicted octanol–water partition coefficient (Wildman–Crippen LogP) is 5.15. The average molecular weight is 437 g/mol. The Labute approximate surface area is 183 Å². The van der Waals surface area contributed by atoms with Gasteiger partial charge in [0.05, 0.1) is 16.1 Å². The molecule has 0 atom stereocenters. The molecule has 3 heterocycles. The summed E-state index contributed by atoms with van der Waals surface area (Å²) in [7, 11) is 0. The number of ketones is 1. The van der Waals surface area contributed by atoms with Crippen molar-refractivity contribution < 1.29 is 18.7 Å². The number of carbonyl (C=O) groups is 1. The fraction of sp³-hybridized carbons (Fsp3) is 0.167. The molecular weight excluding hydrogens is 419 g/mol. The Bertz CT molecular complexity index is 1210. The summed E-state index contributed by atoms with van der Waals surface area (Å²) in [5, 5.41) is 0.213. The number of hydrogen-bond acceptors (Lipinski definition) is 5. The van der Waals surface area contributed by atoms with Crippen LogP contribution in [0, 0.1) is 12.7 Å². The zero-order valence-electron chi connectivity index (χ0n) is 16.7. The van der Waals surface area contributed by atoms with Crippen LogP contribution < -0.4 is 9.47 Å². The van der Waals surface area contributed by atoms with E-state index in [9.17, 15) is 9.18 Å². The number of rotatable bonds is 3. The molecule has 0 aliphatic carbocycles. The lowest BCUT2D eigenvalue weighted by molar-refractivity contribution is 0.0872. The smallest absolute Gasteiger partial charge is 0.232 e. The second-order valence-electron chi connectivity index (χ2n) is 7.57. The van der Waals surface area contributed by atoms with Gasteiger partial charge in [-0.3, -0.25) is 14.7 Å². The molecule has 0 radical (unpaired) electrons. The molecule has 2 aromatic carbocycles. The number of allylic oxidation sites excluding steroid dienone is 1. The van der Waals surface area contributed by atoms with Gasteiger partial charge in [-0.05, 0) is 54.5 Å². The number of aromatic nitrogens is 1. The first-order chi connectivity index (χ1) is 15.0. The van der Waals surface area contributed by atoms with Crippen LogP contribution in [0.5, 0.6) is 11.5 Å². The molecule has 156 valence electrons. The highest BCUT2D eigenvalue weighted by Crippen LogP contribution is 2.44. The first kappa shape index (κ1) is 19.7. The van der Waals surface area contributed by atoms with Gasteiger partial charge in [0, 0.05) is 31.0 Å². The van der Waals surface area contributed by atoms with Crippen molar-refractivity contribution in [1.82, 2.24) is 9.88 Å². The number of pyridine rings is 1. The van der Waals surface area contributed by atoms with E-state index >= 15 is 0 Å². The maximum atomic E-state index is 14.2. The van der Waals surface area contributed by atoms with E-state index < -0.39 is 5.82 Å². The first-order valence-corrected chi connectivity index (χ1v) is 10.2. The van der Waals surface area contributed by atoms with Gasteiger partial charge in [-0.1, -0.05) is 17.7 Å². The fourth-order valence-electron chi connectivity index (χ4n) is 3.90. The van der Waals surface area contributed by atoms with Crippen molar-refractivity contribution in [2.45, 2.75) is 20.0 Å². The second kappa shape index (κ2) is 7.80. The summed E-state index contributed by atoms with van der Waals surface area (Å²) in [6.45, 7) is 3.49. The van der Waals surface area contributed by atoms with Crippen molar-refractivity contribution in [3.8, 4) is 11.5 Å². The summed E-state index contributed by atoms with van der Waals surface area (Å²) in [5.41, 5.74) is 3.27. The van der Waals surface area contributed by atoms with Crippen LogP contribution in [0.25, 0.3) is 6.08 Å². The van der Waals surface area contributed by atoms with E-state index in [4.69, 9.17) is 21.1 Å². The molecule has 0 amide bonds. The monoisotopic (exact) mass is 436 g/mol. The van der Waals surface area contributed by atoms with Crippen LogP contribution in [0.2, 0.25) is 5.02 Å². The van der Waals surface area contributed by atoms with E-state index in [0.29, 0.717) is 36.9 Å². The van der Waals surface area contributed by atoms with Crippen molar-refractivity contribution in [2.24, 2.45) is 0 Å². The summed E-state index contributed by atoms with van der Waals surface area (Å²) in [6.07, 6.45) is 4.87. The zero-order chi connectivity index (χ0) is 21.5. The molecule has 5 rings (SSSR count). The minimum Gasteiger partial charge on any atom is -0.478 e. The van der Waals surface area contributed by atoms with Crippen molar-refractivity contribution in [1.29, 1.82) is 0 Å². The third-order valence-electron chi connectivity index (χ3n) is 5.42. The number of nitrogens with zero attached hydrogens (tertiary/aromatic N) is 2. The van der Waals surface area contributed by atoms with Crippen LogP contribution in [0.4, 0.5) is 4.39 Å². The van der Waals surface area contributed by atoms with Gasteiger partial charge in [-0.25, -0.2) is 4.39 Å². The minimum atomic E-state index is -0.516. The Morgan fingerprint density at radius 3 is 2.84 bits per heavy atom. The Balaban J connectivity index is 1.50. The molecular formula is C24H18ClFN2O3.